The Morgan fingerprint density at radius 2 is 1.82 bits per heavy atom. The molecule has 1 aromatic rings. The van der Waals surface area contributed by atoms with Crippen molar-refractivity contribution in [3.63, 3.8) is 0 Å². The van der Waals surface area contributed by atoms with Gasteiger partial charge in [-0.1, -0.05) is 26.0 Å². The molecule has 1 unspecified atom stereocenters. The van der Waals surface area contributed by atoms with Gasteiger partial charge in [0.15, 0.2) is 0 Å². The van der Waals surface area contributed by atoms with E-state index in [0.29, 0.717) is 17.9 Å². The molecule has 0 saturated heterocycles. The molecule has 0 radical (unpaired) electrons. The molecule has 0 aromatic heterocycles. The van der Waals surface area contributed by atoms with Gasteiger partial charge in [0.25, 0.3) is 0 Å². The van der Waals surface area contributed by atoms with E-state index in [0.717, 1.165) is 0 Å². The molecule has 7 nitrogen and oxygen atoms in total. The number of hydrogen-bond acceptors (Lipinski definition) is 6. The molecule has 0 heterocycles. The Balaban J connectivity index is 0.00000352. The van der Waals surface area contributed by atoms with E-state index in [4.69, 9.17) is 14.7 Å². The summed E-state index contributed by atoms with van der Waals surface area (Å²) in [5, 5.41) is 25.0. The molecule has 1 atom stereocenters. The number of hydrogen-bond donors (Lipinski definition) is 3. The largest absolute Gasteiger partial charge is 0.489 e. The quantitative estimate of drug-likeness (QED) is 0.626. The van der Waals surface area contributed by atoms with Gasteiger partial charge in [-0.3, -0.25) is 0 Å². The van der Waals surface area contributed by atoms with Crippen LogP contribution in [0.4, 0.5) is 4.79 Å². The molecule has 0 aliphatic carbocycles. The third-order valence-electron chi connectivity index (χ3n) is 3.33. The number of β-amino-alcohol motifs (C(OH)–C–C–N with tert-alkyl or cyclic N) is 1. The number of nitrogens with zero attached hydrogens (tertiary/aromatic N) is 1. The summed E-state index contributed by atoms with van der Waals surface area (Å²) in [4.78, 5) is 11.7. The lowest BCUT2D eigenvalue weighted by molar-refractivity contribution is 0.0509. The fourth-order valence-electron chi connectivity index (χ4n) is 1.99. The summed E-state index contributed by atoms with van der Waals surface area (Å²) in [7, 11) is 0. The molecule has 0 fully saturated rings. The van der Waals surface area contributed by atoms with Gasteiger partial charge in [0.2, 0.25) is 0 Å². The molecule has 1 rings (SSSR count). The van der Waals surface area contributed by atoms with Gasteiger partial charge in [-0.2, -0.15) is 5.26 Å². The molecule has 7 heteroatoms. The molecule has 0 saturated carbocycles. The number of para-hydroxylation sites is 1. The first kappa shape index (κ1) is 25.7. The molecule has 0 bridgehead atoms. The number of rotatable bonds is 8. The third-order valence-corrected chi connectivity index (χ3v) is 3.33. The molecule has 1 amide bonds. The highest BCUT2D eigenvalue weighted by molar-refractivity contribution is 5.67. The summed E-state index contributed by atoms with van der Waals surface area (Å²) in [5.41, 5.74) is -0.563. The van der Waals surface area contributed by atoms with Crippen molar-refractivity contribution >= 4 is 6.09 Å². The van der Waals surface area contributed by atoms with Crippen molar-refractivity contribution in [3.8, 4) is 11.8 Å². The van der Waals surface area contributed by atoms with Gasteiger partial charge in [0.05, 0.1) is 5.56 Å². The van der Waals surface area contributed by atoms with Crippen LogP contribution in [0.3, 0.4) is 0 Å². The second-order valence-electron chi connectivity index (χ2n) is 7.69. The molecule has 0 aliphatic rings. The Hall–Kier alpha value is -2.30. The van der Waals surface area contributed by atoms with Gasteiger partial charge in [0.1, 0.15) is 30.1 Å². The van der Waals surface area contributed by atoms with Crippen LogP contribution < -0.4 is 15.4 Å². The number of carbonyl (C=O) groups is 1. The number of carbonyl (C=O) groups excluding carboxylic acids is 1. The van der Waals surface area contributed by atoms with E-state index >= 15 is 0 Å². The van der Waals surface area contributed by atoms with Crippen LogP contribution in [-0.2, 0) is 4.74 Å². The first-order chi connectivity index (χ1) is 13.0. The van der Waals surface area contributed by atoms with Crippen molar-refractivity contribution in [1.82, 2.24) is 10.6 Å². The minimum atomic E-state index is -0.762. The van der Waals surface area contributed by atoms with Crippen LogP contribution in [0, 0.1) is 11.3 Å². The summed E-state index contributed by atoms with van der Waals surface area (Å²) < 4.78 is 10.7. The van der Waals surface area contributed by atoms with Crippen LogP contribution in [0.1, 0.15) is 54.0 Å². The van der Waals surface area contributed by atoms with E-state index in [1.165, 1.54) is 0 Å². The number of aliphatic hydroxyl groups excluding tert-OH is 1. The van der Waals surface area contributed by atoms with Crippen LogP contribution in [0.5, 0.6) is 5.75 Å². The predicted molar refractivity (Wildman–Crippen MR) is 110 cm³/mol. The number of alkyl carbamates (subject to hydrolysis) is 1. The highest BCUT2D eigenvalue weighted by Crippen LogP contribution is 2.16. The van der Waals surface area contributed by atoms with Crippen molar-refractivity contribution in [3.05, 3.63) is 29.8 Å². The molecule has 0 aliphatic heterocycles. The fourth-order valence-corrected chi connectivity index (χ4v) is 1.99. The van der Waals surface area contributed by atoms with Crippen LogP contribution in [0.15, 0.2) is 24.3 Å². The van der Waals surface area contributed by atoms with Gasteiger partial charge < -0.3 is 25.2 Å². The van der Waals surface area contributed by atoms with Crippen molar-refractivity contribution < 1.29 is 19.4 Å². The lowest BCUT2D eigenvalue weighted by Gasteiger charge is -2.29. The third kappa shape index (κ3) is 11.4. The van der Waals surface area contributed by atoms with Gasteiger partial charge in [-0.15, -0.1) is 0 Å². The number of amides is 1. The van der Waals surface area contributed by atoms with Crippen molar-refractivity contribution in [2.45, 2.75) is 65.7 Å². The monoisotopic (exact) mass is 393 g/mol. The number of nitrogens with one attached hydrogen (secondary N) is 2. The lowest BCUT2D eigenvalue weighted by Crippen LogP contribution is -2.52. The summed E-state index contributed by atoms with van der Waals surface area (Å²) in [5.74, 6) is 0.444. The van der Waals surface area contributed by atoms with Crippen LogP contribution in [-0.4, -0.2) is 48.1 Å². The van der Waals surface area contributed by atoms with E-state index in [-0.39, 0.29) is 13.2 Å². The number of aliphatic hydroxyl groups is 1. The topological polar surface area (TPSA) is 104 Å². The zero-order valence-corrected chi connectivity index (χ0v) is 18.1. The zero-order chi connectivity index (χ0) is 21.8. The standard InChI is InChI=1S/C19H29N3O4.C2H6/c1-18(2,3)26-17(24)21-13-19(4,5)22-11-15(23)12-25-16-9-7-6-8-14(16)10-20;1-2/h6-9,15,22-23H,11-13H2,1-5H3,(H,21,24);1-2H3. The van der Waals surface area contributed by atoms with E-state index < -0.39 is 23.3 Å². The molecule has 0 spiro atoms. The highest BCUT2D eigenvalue weighted by Gasteiger charge is 2.22. The molecular weight excluding hydrogens is 358 g/mol. The average Bonchev–Trinajstić information content (AvgIpc) is 2.64. The van der Waals surface area contributed by atoms with Gasteiger partial charge >= 0.3 is 6.09 Å². The van der Waals surface area contributed by atoms with E-state index in [2.05, 4.69) is 10.6 Å². The van der Waals surface area contributed by atoms with Crippen LogP contribution in [0.25, 0.3) is 0 Å². The summed E-state index contributed by atoms with van der Waals surface area (Å²) in [6, 6.07) is 8.91. The minimum Gasteiger partial charge on any atom is -0.489 e. The first-order valence-corrected chi connectivity index (χ1v) is 9.54. The maximum Gasteiger partial charge on any atom is 0.407 e. The second-order valence-corrected chi connectivity index (χ2v) is 7.69. The smallest absolute Gasteiger partial charge is 0.407 e. The summed E-state index contributed by atoms with van der Waals surface area (Å²) in [6.07, 6.45) is -1.24. The van der Waals surface area contributed by atoms with Gasteiger partial charge in [-0.05, 0) is 46.8 Å². The van der Waals surface area contributed by atoms with Gasteiger partial charge in [0, 0.05) is 18.6 Å². The van der Waals surface area contributed by atoms with Crippen LogP contribution in [0.2, 0.25) is 0 Å². The Labute approximate surface area is 169 Å². The fraction of sp³-hybridized carbons (Fsp3) is 0.619. The average molecular weight is 394 g/mol. The predicted octanol–water partition coefficient (Wildman–Crippen LogP) is 3.22. The van der Waals surface area contributed by atoms with E-state index in [1.807, 2.05) is 33.8 Å². The Kier molecular flexibility index (Phi) is 11.2. The Morgan fingerprint density at radius 1 is 1.21 bits per heavy atom. The lowest BCUT2D eigenvalue weighted by atomic mass is 10.1. The molecular formula is C21H35N3O4. The maximum absolute atomic E-state index is 11.7. The maximum atomic E-state index is 11.7. The normalized spacial score (nSPS) is 12.1. The molecule has 28 heavy (non-hydrogen) atoms. The minimum absolute atomic E-state index is 0.0568. The highest BCUT2D eigenvalue weighted by atomic mass is 16.6. The first-order valence-electron chi connectivity index (χ1n) is 9.54. The summed E-state index contributed by atoms with van der Waals surface area (Å²) in [6.45, 7) is 13.9. The van der Waals surface area contributed by atoms with Gasteiger partial charge in [-0.25, -0.2) is 4.79 Å². The Morgan fingerprint density at radius 3 is 2.39 bits per heavy atom. The van der Waals surface area contributed by atoms with E-state index in [1.54, 1.807) is 45.0 Å². The summed E-state index contributed by atoms with van der Waals surface area (Å²) >= 11 is 0. The molecule has 1 aromatic carbocycles. The number of ether oxygens (including phenoxy) is 2. The molecule has 3 N–H and O–H groups in total. The Bertz CT molecular complexity index is 633. The van der Waals surface area contributed by atoms with E-state index in [9.17, 15) is 9.90 Å². The molecule has 158 valence electrons. The van der Waals surface area contributed by atoms with Crippen molar-refractivity contribution in [2.75, 3.05) is 19.7 Å². The SMILES string of the molecule is CC.CC(C)(CNC(=O)OC(C)(C)C)NCC(O)COc1ccccc1C#N. The number of nitriles is 1. The van der Waals surface area contributed by atoms with Crippen molar-refractivity contribution in [1.29, 1.82) is 5.26 Å². The van der Waals surface area contributed by atoms with Crippen LogP contribution >= 0.6 is 0 Å². The zero-order valence-electron chi connectivity index (χ0n) is 18.1. The van der Waals surface area contributed by atoms with Crippen molar-refractivity contribution in [2.24, 2.45) is 0 Å². The second kappa shape index (κ2) is 12.2. The number of benzene rings is 1.